The van der Waals surface area contributed by atoms with E-state index in [1.807, 2.05) is 4.90 Å². The van der Waals surface area contributed by atoms with Gasteiger partial charge in [0.25, 0.3) is 0 Å². The summed E-state index contributed by atoms with van der Waals surface area (Å²) in [5.41, 5.74) is 1.91. The average Bonchev–Trinajstić information content (AvgIpc) is 3.12. The minimum absolute atomic E-state index is 0.220. The summed E-state index contributed by atoms with van der Waals surface area (Å²) in [6.07, 6.45) is 10.2. The minimum Gasteiger partial charge on any atom is -0.348 e. The van der Waals surface area contributed by atoms with Gasteiger partial charge in [-0.3, -0.25) is 14.5 Å². The van der Waals surface area contributed by atoms with E-state index in [-0.39, 0.29) is 17.4 Å². The monoisotopic (exact) mass is 397 g/mol. The van der Waals surface area contributed by atoms with E-state index in [4.69, 9.17) is 0 Å². The lowest BCUT2D eigenvalue weighted by atomic mass is 9.78. The second-order valence-electron chi connectivity index (χ2n) is 9.92. The third kappa shape index (κ3) is 2.84. The number of hydrogen-bond acceptors (Lipinski definition) is 4. The van der Waals surface area contributed by atoms with Crippen LogP contribution in [0.4, 0.5) is 0 Å². The van der Waals surface area contributed by atoms with Gasteiger partial charge in [-0.1, -0.05) is 0 Å². The number of piperidine rings is 2. The van der Waals surface area contributed by atoms with Crippen LogP contribution in [0.15, 0.2) is 6.33 Å². The number of nitrogens with one attached hydrogen (secondary N) is 1. The molecule has 2 atom stereocenters. The highest BCUT2D eigenvalue weighted by atomic mass is 16.2. The highest BCUT2D eigenvalue weighted by Gasteiger charge is 2.51. The molecule has 156 valence electrons. The summed E-state index contributed by atoms with van der Waals surface area (Å²) in [4.78, 5) is 40.6. The van der Waals surface area contributed by atoms with Crippen molar-refractivity contribution in [2.75, 3.05) is 32.7 Å². The van der Waals surface area contributed by atoms with Gasteiger partial charge in [0.05, 0.1) is 24.1 Å². The van der Waals surface area contributed by atoms with Crippen LogP contribution in [0.2, 0.25) is 0 Å². The fourth-order valence-corrected chi connectivity index (χ4v) is 6.48. The van der Waals surface area contributed by atoms with E-state index < -0.39 is 0 Å². The number of carbonyl (C=O) groups excluding carboxylic acids is 2. The second kappa shape index (κ2) is 6.56. The number of rotatable bonds is 3. The molecule has 7 heteroatoms. The van der Waals surface area contributed by atoms with E-state index in [1.165, 1.54) is 25.0 Å². The maximum Gasteiger partial charge on any atom is 0.236 e. The number of hydrogen-bond donors (Lipinski definition) is 1. The molecule has 4 heterocycles. The summed E-state index contributed by atoms with van der Waals surface area (Å²) in [6, 6.07) is 0.636. The number of nitrogens with zero attached hydrogens (tertiary/aromatic N) is 4. The largest absolute Gasteiger partial charge is 0.348 e. The lowest BCUT2D eigenvalue weighted by Gasteiger charge is -2.50. The Hall–Kier alpha value is -1.89. The standard InChI is InChI=1S/C22H31N5O2/c28-19(13-26-12-15-1-4-17(26)11-15)25-9-6-22(7-10-25)20-18(23-14-24-20)5-8-27(22)21(29)16-2-3-16/h14-17H,1-13H2,(H,23,24)/t15-,17+/m0/s1. The van der Waals surface area contributed by atoms with E-state index in [2.05, 4.69) is 19.8 Å². The Morgan fingerprint density at radius 2 is 1.97 bits per heavy atom. The first-order chi connectivity index (χ1) is 14.1. The van der Waals surface area contributed by atoms with Crippen molar-refractivity contribution in [1.29, 1.82) is 0 Å². The van der Waals surface area contributed by atoms with Crippen LogP contribution in [-0.4, -0.2) is 75.2 Å². The molecular formula is C22H31N5O2. The van der Waals surface area contributed by atoms with Crippen LogP contribution >= 0.6 is 0 Å². The van der Waals surface area contributed by atoms with Crippen LogP contribution in [0.25, 0.3) is 0 Å². The molecular weight excluding hydrogens is 366 g/mol. The third-order valence-electron chi connectivity index (χ3n) is 8.26. The Morgan fingerprint density at radius 3 is 2.66 bits per heavy atom. The second-order valence-corrected chi connectivity index (χ2v) is 9.92. The van der Waals surface area contributed by atoms with Crippen LogP contribution in [0.1, 0.15) is 56.3 Å². The first kappa shape index (κ1) is 17.9. The molecule has 1 spiro atoms. The van der Waals surface area contributed by atoms with Crippen molar-refractivity contribution in [1.82, 2.24) is 24.7 Å². The number of aromatic nitrogens is 2. The topological polar surface area (TPSA) is 72.5 Å². The van der Waals surface area contributed by atoms with Crippen molar-refractivity contribution in [2.45, 2.75) is 62.9 Å². The van der Waals surface area contributed by atoms with Crippen molar-refractivity contribution in [3.8, 4) is 0 Å². The van der Waals surface area contributed by atoms with Crippen LogP contribution in [0, 0.1) is 11.8 Å². The van der Waals surface area contributed by atoms with Crippen molar-refractivity contribution in [3.63, 3.8) is 0 Å². The zero-order valence-electron chi connectivity index (χ0n) is 17.1. The molecule has 0 radical (unpaired) electrons. The number of carbonyl (C=O) groups is 2. The minimum atomic E-state index is -0.323. The van der Waals surface area contributed by atoms with Gasteiger partial charge in [-0.15, -0.1) is 0 Å². The van der Waals surface area contributed by atoms with Gasteiger partial charge in [-0.05, 0) is 50.9 Å². The van der Waals surface area contributed by atoms with Crippen LogP contribution in [0.3, 0.4) is 0 Å². The van der Waals surface area contributed by atoms with E-state index in [0.29, 0.717) is 18.5 Å². The molecule has 2 bridgehead atoms. The molecule has 3 aliphatic heterocycles. The molecule has 2 aliphatic carbocycles. The average molecular weight is 398 g/mol. The molecule has 7 nitrogen and oxygen atoms in total. The van der Waals surface area contributed by atoms with E-state index >= 15 is 0 Å². The summed E-state index contributed by atoms with van der Waals surface area (Å²) in [5.74, 6) is 1.62. The molecule has 2 amide bonds. The van der Waals surface area contributed by atoms with Crippen LogP contribution in [-0.2, 0) is 21.5 Å². The molecule has 6 rings (SSSR count). The van der Waals surface area contributed by atoms with Crippen LogP contribution in [0.5, 0.6) is 0 Å². The van der Waals surface area contributed by atoms with Gasteiger partial charge < -0.3 is 14.8 Å². The summed E-state index contributed by atoms with van der Waals surface area (Å²) in [6.45, 7) is 3.90. The smallest absolute Gasteiger partial charge is 0.236 e. The van der Waals surface area contributed by atoms with E-state index in [0.717, 1.165) is 69.9 Å². The van der Waals surface area contributed by atoms with Gasteiger partial charge in [-0.2, -0.15) is 0 Å². The predicted molar refractivity (Wildman–Crippen MR) is 107 cm³/mol. The van der Waals surface area contributed by atoms with E-state index in [9.17, 15) is 9.59 Å². The summed E-state index contributed by atoms with van der Waals surface area (Å²) in [5, 5.41) is 0. The fourth-order valence-electron chi connectivity index (χ4n) is 6.48. The maximum atomic E-state index is 13.1. The van der Waals surface area contributed by atoms with Crippen molar-refractivity contribution < 1.29 is 9.59 Å². The Kier molecular flexibility index (Phi) is 4.05. The summed E-state index contributed by atoms with van der Waals surface area (Å²) < 4.78 is 0. The Morgan fingerprint density at radius 1 is 1.14 bits per heavy atom. The highest BCUT2D eigenvalue weighted by molar-refractivity contribution is 5.82. The van der Waals surface area contributed by atoms with Crippen molar-refractivity contribution >= 4 is 11.8 Å². The van der Waals surface area contributed by atoms with Gasteiger partial charge in [0.15, 0.2) is 0 Å². The van der Waals surface area contributed by atoms with Crippen molar-refractivity contribution in [3.05, 3.63) is 17.7 Å². The molecule has 0 unspecified atom stereocenters. The molecule has 0 aromatic carbocycles. The first-order valence-corrected chi connectivity index (χ1v) is 11.5. The molecule has 5 aliphatic rings. The molecule has 1 aromatic rings. The number of fused-ring (bicyclic) bond motifs is 4. The Bertz CT molecular complexity index is 823. The zero-order chi connectivity index (χ0) is 19.6. The molecule has 2 saturated carbocycles. The van der Waals surface area contributed by atoms with Gasteiger partial charge in [0, 0.05) is 50.3 Å². The SMILES string of the molecule is O=C(CN1C[C@H]2CC[C@@H]1C2)N1CCC2(CC1)c1nc[nH]c1CCN2C(=O)C1CC1. The molecule has 29 heavy (non-hydrogen) atoms. The number of likely N-dealkylation sites (tertiary alicyclic amines) is 2. The molecule has 1 aromatic heterocycles. The van der Waals surface area contributed by atoms with Crippen molar-refractivity contribution in [2.24, 2.45) is 11.8 Å². The summed E-state index contributed by atoms with van der Waals surface area (Å²) >= 11 is 0. The zero-order valence-corrected chi connectivity index (χ0v) is 17.1. The third-order valence-corrected chi connectivity index (χ3v) is 8.26. The normalized spacial score (nSPS) is 30.8. The number of amides is 2. The van der Waals surface area contributed by atoms with Gasteiger partial charge in [0.2, 0.25) is 11.8 Å². The Labute approximate surface area is 171 Å². The van der Waals surface area contributed by atoms with Crippen LogP contribution < -0.4 is 0 Å². The van der Waals surface area contributed by atoms with Gasteiger partial charge in [0.1, 0.15) is 0 Å². The predicted octanol–water partition coefficient (Wildman–Crippen LogP) is 1.51. The highest BCUT2D eigenvalue weighted by Crippen LogP contribution is 2.45. The molecule has 1 N–H and O–H groups in total. The Balaban J connectivity index is 1.18. The quantitative estimate of drug-likeness (QED) is 0.839. The van der Waals surface area contributed by atoms with Gasteiger partial charge in [-0.25, -0.2) is 4.98 Å². The lowest BCUT2D eigenvalue weighted by molar-refractivity contribution is -0.146. The number of H-pyrrole nitrogens is 1. The summed E-state index contributed by atoms with van der Waals surface area (Å²) in [7, 11) is 0. The van der Waals surface area contributed by atoms with E-state index in [1.54, 1.807) is 6.33 Å². The first-order valence-electron chi connectivity index (χ1n) is 11.5. The molecule has 2 saturated heterocycles. The number of aromatic amines is 1. The lowest BCUT2D eigenvalue weighted by Crippen LogP contribution is -2.59. The maximum absolute atomic E-state index is 13.1. The fraction of sp³-hybridized carbons (Fsp3) is 0.773. The number of imidazole rings is 1. The molecule has 4 fully saturated rings. The van der Waals surface area contributed by atoms with Gasteiger partial charge >= 0.3 is 0 Å².